The topological polar surface area (TPSA) is 184 Å². The third-order valence-corrected chi connectivity index (χ3v) is 8.01. The molecule has 0 unspecified atom stereocenters. The number of nitrogens with zero attached hydrogens (tertiary/aromatic N) is 2. The smallest absolute Gasteiger partial charge is 0.351 e. The second kappa shape index (κ2) is 17.1. The minimum Gasteiger partial charge on any atom is -0.508 e. The lowest BCUT2D eigenvalue weighted by Crippen LogP contribution is -2.32. The van der Waals surface area contributed by atoms with Gasteiger partial charge in [0, 0.05) is 31.1 Å². The minimum absolute atomic E-state index is 0.00870. The zero-order chi connectivity index (χ0) is 36.3. The van der Waals surface area contributed by atoms with E-state index in [0.29, 0.717) is 17.1 Å². The summed E-state index contributed by atoms with van der Waals surface area (Å²) in [6.07, 6.45) is -0.672. The van der Waals surface area contributed by atoms with Crippen LogP contribution in [0.3, 0.4) is 0 Å². The molecule has 1 saturated heterocycles. The molecule has 0 spiro atoms. The van der Waals surface area contributed by atoms with Crippen LogP contribution in [-0.2, 0) is 36.8 Å². The number of ketones is 1. The van der Waals surface area contributed by atoms with Crippen LogP contribution in [0.25, 0.3) is 0 Å². The average Bonchev–Trinajstić information content (AvgIpc) is 3.52. The van der Waals surface area contributed by atoms with E-state index in [9.17, 15) is 29.1 Å². The van der Waals surface area contributed by atoms with Gasteiger partial charge < -0.3 is 39.5 Å². The van der Waals surface area contributed by atoms with Crippen LogP contribution in [0, 0.1) is 0 Å². The summed E-state index contributed by atoms with van der Waals surface area (Å²) in [7, 11) is 1.55. The number of phenols is 1. The molecule has 4 aromatic rings. The Morgan fingerprint density at radius 1 is 0.922 bits per heavy atom. The van der Waals surface area contributed by atoms with E-state index in [1.807, 2.05) is 0 Å². The van der Waals surface area contributed by atoms with Crippen molar-refractivity contribution in [3.63, 3.8) is 0 Å². The first-order chi connectivity index (χ1) is 24.6. The number of nitrogens with one attached hydrogen (secondary N) is 2. The molecule has 1 fully saturated rings. The SMILES string of the molecule is COc1ccc(OC[C@H]2O[C@@H](n3ccc(NC(=O)c4ccc(CNC(=O)Cc5ccc(O)cc5)cc4)nc3=O)C[C@H]2OC(=O)CCC(C)=O)cc1. The van der Waals surface area contributed by atoms with Gasteiger partial charge in [0.15, 0.2) is 0 Å². The second-order valence-corrected chi connectivity index (χ2v) is 11.9. The monoisotopic (exact) mass is 698 g/mol. The quantitative estimate of drug-likeness (QED) is 0.154. The molecule has 51 heavy (non-hydrogen) atoms. The molecular formula is C37H38N4O10. The van der Waals surface area contributed by atoms with E-state index >= 15 is 0 Å². The Morgan fingerprint density at radius 3 is 2.27 bits per heavy atom. The van der Waals surface area contributed by atoms with Crippen molar-refractivity contribution in [3.8, 4) is 17.2 Å². The molecule has 3 atom stereocenters. The van der Waals surface area contributed by atoms with Gasteiger partial charge in [0.05, 0.1) is 20.0 Å². The number of carbonyl (C=O) groups is 4. The lowest BCUT2D eigenvalue weighted by molar-refractivity contribution is -0.153. The number of anilines is 1. The van der Waals surface area contributed by atoms with E-state index in [4.69, 9.17) is 18.9 Å². The van der Waals surface area contributed by atoms with E-state index in [-0.39, 0.29) is 62.1 Å². The molecule has 1 aromatic heterocycles. The number of hydrogen-bond donors (Lipinski definition) is 3. The lowest BCUT2D eigenvalue weighted by atomic mass is 10.1. The molecular weight excluding hydrogens is 660 g/mol. The molecule has 5 rings (SSSR count). The molecule has 2 amide bonds. The molecule has 14 nitrogen and oxygen atoms in total. The number of hydrogen-bond acceptors (Lipinski definition) is 11. The normalized spacial score (nSPS) is 16.5. The number of benzene rings is 3. The van der Waals surface area contributed by atoms with E-state index in [2.05, 4.69) is 15.6 Å². The van der Waals surface area contributed by atoms with Crippen LogP contribution in [0.1, 0.15) is 53.9 Å². The highest BCUT2D eigenvalue weighted by molar-refractivity contribution is 6.03. The highest BCUT2D eigenvalue weighted by Gasteiger charge is 2.40. The molecule has 0 bridgehead atoms. The molecule has 3 N–H and O–H groups in total. The second-order valence-electron chi connectivity index (χ2n) is 11.9. The molecule has 1 aliphatic heterocycles. The van der Waals surface area contributed by atoms with Gasteiger partial charge in [-0.3, -0.25) is 19.0 Å². The molecule has 0 radical (unpaired) electrons. The number of methoxy groups -OCH3 is 1. The molecule has 3 aromatic carbocycles. The predicted molar refractivity (Wildman–Crippen MR) is 183 cm³/mol. The van der Waals surface area contributed by atoms with E-state index in [1.54, 1.807) is 67.8 Å². The van der Waals surface area contributed by atoms with Crippen LogP contribution in [0.4, 0.5) is 5.82 Å². The third kappa shape index (κ3) is 10.5. The van der Waals surface area contributed by atoms with Crippen molar-refractivity contribution in [1.82, 2.24) is 14.9 Å². The maximum Gasteiger partial charge on any atom is 0.351 e. The summed E-state index contributed by atoms with van der Waals surface area (Å²) in [6.45, 7) is 1.66. The first-order valence-corrected chi connectivity index (χ1v) is 16.2. The standard InChI is InChI=1S/C37H38N4O10/c1-23(42)3-16-35(45)51-30-20-34(50-31(30)22-49-29-14-12-28(48-2)13-15-29)41-18-17-32(40-37(41)47)39-36(46)26-8-4-25(5-9-26)21-38-33(44)19-24-6-10-27(43)11-7-24/h4-15,17-18,30-31,34,43H,3,16,19-22H2,1-2H3,(H,38,44)(H,39,40,46,47)/t30-,31-,34-/m1/s1. The highest BCUT2D eigenvalue weighted by Crippen LogP contribution is 2.31. The van der Waals surface area contributed by atoms with Crippen molar-refractivity contribution in [1.29, 1.82) is 0 Å². The van der Waals surface area contributed by atoms with Gasteiger partial charge in [-0.15, -0.1) is 0 Å². The van der Waals surface area contributed by atoms with E-state index in [1.165, 1.54) is 35.9 Å². The maximum atomic E-state index is 13.1. The van der Waals surface area contributed by atoms with Gasteiger partial charge in [-0.2, -0.15) is 4.98 Å². The van der Waals surface area contributed by atoms with Crippen LogP contribution in [0.5, 0.6) is 17.2 Å². The largest absolute Gasteiger partial charge is 0.508 e. The third-order valence-electron chi connectivity index (χ3n) is 8.01. The minimum atomic E-state index is -0.848. The molecule has 0 aliphatic carbocycles. The molecule has 2 heterocycles. The first kappa shape index (κ1) is 36.3. The summed E-state index contributed by atoms with van der Waals surface area (Å²) in [6, 6.07) is 21.3. The van der Waals surface area contributed by atoms with Crippen molar-refractivity contribution >= 4 is 29.4 Å². The van der Waals surface area contributed by atoms with Gasteiger partial charge in [0.2, 0.25) is 5.91 Å². The zero-order valence-electron chi connectivity index (χ0n) is 28.1. The summed E-state index contributed by atoms with van der Waals surface area (Å²) < 4.78 is 24.0. The maximum absolute atomic E-state index is 13.1. The fraction of sp³-hybridized carbons (Fsp3) is 0.297. The molecule has 266 valence electrons. The summed E-state index contributed by atoms with van der Waals surface area (Å²) >= 11 is 0. The van der Waals surface area contributed by atoms with Crippen LogP contribution < -0.4 is 25.8 Å². The molecule has 1 aliphatic rings. The number of amides is 2. The van der Waals surface area contributed by atoms with Crippen LogP contribution in [0.2, 0.25) is 0 Å². The molecule has 0 saturated carbocycles. The fourth-order valence-electron chi connectivity index (χ4n) is 5.23. The van der Waals surface area contributed by atoms with Gasteiger partial charge in [-0.1, -0.05) is 24.3 Å². The Kier molecular flexibility index (Phi) is 12.1. The number of ether oxygens (including phenoxy) is 4. The summed E-state index contributed by atoms with van der Waals surface area (Å²) in [5.74, 6) is -0.0507. The van der Waals surface area contributed by atoms with E-state index < -0.39 is 36.0 Å². The van der Waals surface area contributed by atoms with Crippen LogP contribution in [-0.4, -0.2) is 64.1 Å². The number of carbonyl (C=O) groups excluding carboxylic acids is 4. The van der Waals surface area contributed by atoms with Crippen LogP contribution >= 0.6 is 0 Å². The van der Waals surface area contributed by atoms with Gasteiger partial charge in [0.1, 0.15) is 53.9 Å². The van der Waals surface area contributed by atoms with Crippen LogP contribution in [0.15, 0.2) is 89.9 Å². The zero-order valence-corrected chi connectivity index (χ0v) is 28.1. The van der Waals surface area contributed by atoms with Crippen molar-refractivity contribution in [3.05, 3.63) is 112 Å². The number of rotatable bonds is 15. The Bertz CT molecular complexity index is 1890. The van der Waals surface area contributed by atoms with Gasteiger partial charge in [0.25, 0.3) is 5.91 Å². The fourth-order valence-corrected chi connectivity index (χ4v) is 5.23. The Hall–Kier alpha value is -6.02. The summed E-state index contributed by atoms with van der Waals surface area (Å²) in [5, 5.41) is 14.8. The number of esters is 1. The number of phenolic OH excluding ortho intramolecular Hbond substituents is 1. The predicted octanol–water partition coefficient (Wildman–Crippen LogP) is 3.72. The number of Topliss-reactive ketones (excluding diaryl/α,β-unsaturated/α-hetero) is 1. The van der Waals surface area contributed by atoms with E-state index in [0.717, 1.165) is 11.1 Å². The Labute approximate surface area is 293 Å². The summed E-state index contributed by atoms with van der Waals surface area (Å²) in [5.41, 5.74) is 1.16. The average molecular weight is 699 g/mol. The number of aromatic nitrogens is 2. The van der Waals surface area contributed by atoms with Gasteiger partial charge in [-0.05, 0) is 72.6 Å². The van der Waals surface area contributed by atoms with Gasteiger partial charge >= 0.3 is 11.7 Å². The lowest BCUT2D eigenvalue weighted by Gasteiger charge is -2.19. The van der Waals surface area contributed by atoms with Crippen molar-refractivity contribution in [2.75, 3.05) is 19.0 Å². The Morgan fingerprint density at radius 2 is 1.61 bits per heavy atom. The summed E-state index contributed by atoms with van der Waals surface area (Å²) in [4.78, 5) is 66.1. The van der Waals surface area contributed by atoms with Crippen molar-refractivity contribution in [2.24, 2.45) is 0 Å². The van der Waals surface area contributed by atoms with Gasteiger partial charge in [-0.25, -0.2) is 4.79 Å². The first-order valence-electron chi connectivity index (χ1n) is 16.2. The molecule has 14 heteroatoms. The van der Waals surface area contributed by atoms with Crippen molar-refractivity contribution in [2.45, 2.75) is 57.6 Å². The van der Waals surface area contributed by atoms with Crippen molar-refractivity contribution < 1.29 is 43.2 Å². The number of aromatic hydroxyl groups is 1. The highest BCUT2D eigenvalue weighted by atomic mass is 16.6. The Balaban J connectivity index is 1.17.